The molecule has 0 spiro atoms. The van der Waals surface area contributed by atoms with E-state index in [1.54, 1.807) is 0 Å². The fourth-order valence-corrected chi connectivity index (χ4v) is 5.51. The van der Waals surface area contributed by atoms with Gasteiger partial charge in [-0.3, -0.25) is 4.79 Å². The van der Waals surface area contributed by atoms with Crippen molar-refractivity contribution in [3.63, 3.8) is 0 Å². The first-order valence-corrected chi connectivity index (χ1v) is 13.4. The molecular weight excluding hydrogens is 458 g/mol. The van der Waals surface area contributed by atoms with E-state index < -0.39 is 0 Å². The van der Waals surface area contributed by atoms with Crippen LogP contribution in [0.15, 0.2) is 48.5 Å². The minimum atomic E-state index is -0.168. The predicted octanol–water partition coefficient (Wildman–Crippen LogP) is 4.91. The summed E-state index contributed by atoms with van der Waals surface area (Å²) in [6.45, 7) is 9.16. The Morgan fingerprint density at radius 2 is 1.83 bits per heavy atom. The Bertz CT molecular complexity index is 962. The average Bonchev–Trinajstić information content (AvgIpc) is 2.86. The predicted molar refractivity (Wildman–Crippen MR) is 143 cm³/mol. The number of carbonyl (C=O) groups excluding carboxylic acids is 1. The zero-order valence-electron chi connectivity index (χ0n) is 21.3. The maximum atomic E-state index is 13.4. The first-order chi connectivity index (χ1) is 16.9. The van der Waals surface area contributed by atoms with Gasteiger partial charge in [0.25, 0.3) is 0 Å². The van der Waals surface area contributed by atoms with Crippen LogP contribution in [0.25, 0.3) is 0 Å². The summed E-state index contributed by atoms with van der Waals surface area (Å²) in [6.07, 6.45) is 4.89. The van der Waals surface area contributed by atoms with Crippen LogP contribution in [0.5, 0.6) is 5.75 Å². The van der Waals surface area contributed by atoms with E-state index >= 15 is 0 Å². The molecule has 0 unspecified atom stereocenters. The van der Waals surface area contributed by atoms with Gasteiger partial charge in [-0.15, -0.1) is 0 Å². The van der Waals surface area contributed by atoms with Gasteiger partial charge in [-0.05, 0) is 82.1 Å². The fourth-order valence-electron chi connectivity index (χ4n) is 5.40. The topological polar surface area (TPSA) is 36.0 Å². The van der Waals surface area contributed by atoms with Gasteiger partial charge in [-0.2, -0.15) is 0 Å². The number of likely N-dealkylation sites (tertiary alicyclic amines) is 1. The number of hydrogen-bond donors (Lipinski definition) is 0. The van der Waals surface area contributed by atoms with Gasteiger partial charge in [0, 0.05) is 49.6 Å². The summed E-state index contributed by atoms with van der Waals surface area (Å²) in [5.41, 5.74) is 2.24. The van der Waals surface area contributed by atoms with Crippen molar-refractivity contribution >= 4 is 17.5 Å². The third kappa shape index (κ3) is 7.45. The molecule has 0 bridgehead atoms. The van der Waals surface area contributed by atoms with Crippen molar-refractivity contribution in [3.8, 4) is 5.75 Å². The lowest BCUT2D eigenvalue weighted by Crippen LogP contribution is -2.52. The number of rotatable bonds is 9. The lowest BCUT2D eigenvalue weighted by molar-refractivity contribution is -0.137. The standard InChI is InChI=1S/C29H40ClN3O2/c1-24-20-26(11-12-27(24)30)35-23-29(21-28(34)33-18-16-31(2)17-19-33)13-7-15-32(22-29)14-6-10-25-8-4-3-5-9-25/h3-5,8-9,11-12,20H,6-7,10,13-19,21-23H2,1-2H3/t29-/m1/s1. The van der Waals surface area contributed by atoms with E-state index in [9.17, 15) is 4.79 Å². The lowest BCUT2D eigenvalue weighted by atomic mass is 9.77. The van der Waals surface area contributed by atoms with Crippen LogP contribution in [-0.2, 0) is 11.2 Å². The molecule has 2 aliphatic heterocycles. The minimum absolute atomic E-state index is 0.168. The van der Waals surface area contributed by atoms with Gasteiger partial charge in [0.05, 0.1) is 6.61 Å². The van der Waals surface area contributed by atoms with Crippen molar-refractivity contribution in [1.82, 2.24) is 14.7 Å². The minimum Gasteiger partial charge on any atom is -0.493 e. The molecule has 1 amide bonds. The summed E-state index contributed by atoms with van der Waals surface area (Å²) in [7, 11) is 2.12. The highest BCUT2D eigenvalue weighted by Crippen LogP contribution is 2.36. The van der Waals surface area contributed by atoms with Crippen molar-refractivity contribution in [1.29, 1.82) is 0 Å². The number of aryl methyl sites for hydroxylation is 2. The van der Waals surface area contributed by atoms with Crippen LogP contribution in [0, 0.1) is 12.3 Å². The molecule has 2 heterocycles. The normalized spacial score (nSPS) is 21.7. The number of likely N-dealkylation sites (N-methyl/N-ethyl adjacent to an activating group) is 1. The van der Waals surface area contributed by atoms with Gasteiger partial charge >= 0.3 is 0 Å². The Morgan fingerprint density at radius 1 is 1.06 bits per heavy atom. The molecule has 2 aliphatic rings. The van der Waals surface area contributed by atoms with E-state index in [-0.39, 0.29) is 11.3 Å². The largest absolute Gasteiger partial charge is 0.493 e. The van der Waals surface area contributed by atoms with E-state index in [2.05, 4.69) is 52.1 Å². The number of benzene rings is 2. The highest BCUT2D eigenvalue weighted by molar-refractivity contribution is 6.31. The monoisotopic (exact) mass is 497 g/mol. The second kappa shape index (κ2) is 12.2. The first kappa shape index (κ1) is 26.0. The molecule has 0 N–H and O–H groups in total. The molecule has 2 saturated heterocycles. The third-order valence-corrected chi connectivity index (χ3v) is 8.00. The maximum Gasteiger partial charge on any atom is 0.223 e. The number of carbonyl (C=O) groups is 1. The second-order valence-electron chi connectivity index (χ2n) is 10.5. The van der Waals surface area contributed by atoms with Gasteiger partial charge in [0.15, 0.2) is 0 Å². The fraction of sp³-hybridized carbons (Fsp3) is 0.552. The van der Waals surface area contributed by atoms with Gasteiger partial charge in [0.1, 0.15) is 5.75 Å². The van der Waals surface area contributed by atoms with Crippen molar-refractivity contribution in [2.24, 2.45) is 5.41 Å². The van der Waals surface area contributed by atoms with Crippen LogP contribution in [0.1, 0.15) is 36.8 Å². The maximum absolute atomic E-state index is 13.4. The highest BCUT2D eigenvalue weighted by Gasteiger charge is 2.39. The van der Waals surface area contributed by atoms with Crippen molar-refractivity contribution in [2.75, 3.05) is 59.5 Å². The zero-order valence-corrected chi connectivity index (χ0v) is 22.1. The number of halogens is 1. The molecule has 0 aromatic heterocycles. The molecule has 0 radical (unpaired) electrons. The molecule has 6 heteroatoms. The molecule has 35 heavy (non-hydrogen) atoms. The van der Waals surface area contributed by atoms with E-state index in [1.165, 1.54) is 5.56 Å². The quantitative estimate of drug-likeness (QED) is 0.493. The second-order valence-corrected chi connectivity index (χ2v) is 10.9. The first-order valence-electron chi connectivity index (χ1n) is 13.0. The summed E-state index contributed by atoms with van der Waals surface area (Å²) < 4.78 is 6.35. The van der Waals surface area contributed by atoms with E-state index in [0.717, 1.165) is 87.8 Å². The van der Waals surface area contributed by atoms with Crippen molar-refractivity contribution in [3.05, 3.63) is 64.7 Å². The number of piperazine rings is 1. The summed E-state index contributed by atoms with van der Waals surface area (Å²) in [5, 5.41) is 0.750. The number of piperidine rings is 1. The van der Waals surface area contributed by atoms with Crippen molar-refractivity contribution in [2.45, 2.75) is 39.0 Å². The van der Waals surface area contributed by atoms with Gasteiger partial charge < -0.3 is 19.4 Å². The molecule has 2 fully saturated rings. The van der Waals surface area contributed by atoms with Crippen molar-refractivity contribution < 1.29 is 9.53 Å². The van der Waals surface area contributed by atoms with E-state index in [1.807, 2.05) is 25.1 Å². The van der Waals surface area contributed by atoms with Crippen LogP contribution in [0.2, 0.25) is 5.02 Å². The summed E-state index contributed by atoms with van der Waals surface area (Å²) in [4.78, 5) is 20.3. The molecule has 4 rings (SSSR count). The molecular formula is C29H40ClN3O2. The van der Waals surface area contributed by atoms with Crippen LogP contribution < -0.4 is 4.74 Å². The third-order valence-electron chi connectivity index (χ3n) is 7.58. The smallest absolute Gasteiger partial charge is 0.223 e. The summed E-state index contributed by atoms with van der Waals surface area (Å²) in [6, 6.07) is 16.5. The summed E-state index contributed by atoms with van der Waals surface area (Å²) >= 11 is 6.22. The molecule has 2 aromatic rings. The summed E-state index contributed by atoms with van der Waals surface area (Å²) in [5.74, 6) is 1.11. The SMILES string of the molecule is Cc1cc(OC[C@@]2(CC(=O)N3CCN(C)CC3)CCCN(CCCc3ccccc3)C2)ccc1Cl. The zero-order chi connectivity index (χ0) is 24.7. The Balaban J connectivity index is 1.41. The Morgan fingerprint density at radius 3 is 2.57 bits per heavy atom. The highest BCUT2D eigenvalue weighted by atomic mass is 35.5. The average molecular weight is 498 g/mol. The molecule has 1 atom stereocenters. The molecule has 0 aliphatic carbocycles. The van der Waals surface area contributed by atoms with Crippen LogP contribution in [-0.4, -0.2) is 80.1 Å². The van der Waals surface area contributed by atoms with Crippen LogP contribution in [0.3, 0.4) is 0 Å². The molecule has 0 saturated carbocycles. The Labute approximate surface area is 216 Å². The number of amides is 1. The number of nitrogens with zero attached hydrogens (tertiary/aromatic N) is 3. The Kier molecular flexibility index (Phi) is 9.10. The molecule has 190 valence electrons. The molecule has 5 nitrogen and oxygen atoms in total. The van der Waals surface area contributed by atoms with Gasteiger partial charge in [-0.1, -0.05) is 41.9 Å². The molecule has 2 aromatic carbocycles. The number of ether oxygens (including phenoxy) is 1. The number of hydrogen-bond acceptors (Lipinski definition) is 4. The Hall–Kier alpha value is -2.08. The van der Waals surface area contributed by atoms with Gasteiger partial charge in [-0.25, -0.2) is 0 Å². The van der Waals surface area contributed by atoms with Gasteiger partial charge in [0.2, 0.25) is 5.91 Å². The lowest BCUT2D eigenvalue weighted by Gasteiger charge is -2.43. The van der Waals surface area contributed by atoms with E-state index in [0.29, 0.717) is 13.0 Å². The van der Waals surface area contributed by atoms with Crippen LogP contribution in [0.4, 0.5) is 0 Å². The van der Waals surface area contributed by atoms with E-state index in [4.69, 9.17) is 16.3 Å². The van der Waals surface area contributed by atoms with Crippen LogP contribution >= 0.6 is 11.6 Å².